The van der Waals surface area contributed by atoms with Crippen LogP contribution in [0.25, 0.3) is 11.3 Å². The molecule has 3 aromatic carbocycles. The van der Waals surface area contributed by atoms with Crippen molar-refractivity contribution in [3.63, 3.8) is 0 Å². The zero-order valence-corrected chi connectivity index (χ0v) is 20.8. The van der Waals surface area contributed by atoms with Gasteiger partial charge < -0.3 is 14.2 Å². The maximum atomic E-state index is 12.5. The molecule has 0 aliphatic heterocycles. The third kappa shape index (κ3) is 6.43. The van der Waals surface area contributed by atoms with Crippen molar-refractivity contribution in [2.24, 2.45) is 0 Å². The highest BCUT2D eigenvalue weighted by Crippen LogP contribution is 2.34. The van der Waals surface area contributed by atoms with Crippen LogP contribution in [-0.2, 0) is 20.9 Å². The number of terminal acetylenes is 1. The third-order valence-electron chi connectivity index (χ3n) is 5.51. The van der Waals surface area contributed by atoms with Crippen LogP contribution in [0.1, 0.15) is 41.7 Å². The highest BCUT2D eigenvalue weighted by Gasteiger charge is 2.21. The van der Waals surface area contributed by atoms with Crippen LogP contribution >= 0.6 is 0 Å². The fourth-order valence-electron chi connectivity index (χ4n) is 3.73. The average molecular weight is 467 g/mol. The lowest BCUT2D eigenvalue weighted by Gasteiger charge is -2.18. The largest absolute Gasteiger partial charge is 0.487 e. The number of methoxy groups -OCH3 is 1. The van der Waals surface area contributed by atoms with E-state index in [1.807, 2.05) is 94.4 Å². The van der Waals surface area contributed by atoms with E-state index in [4.69, 9.17) is 20.6 Å². The Hall–Kier alpha value is -4.23. The first kappa shape index (κ1) is 25.4. The predicted octanol–water partition coefficient (Wildman–Crippen LogP) is 7.25. The van der Waals surface area contributed by atoms with E-state index in [2.05, 4.69) is 12.0 Å². The summed E-state index contributed by atoms with van der Waals surface area (Å²) in [6, 6.07) is 21.4. The molecule has 0 aromatic heterocycles. The Morgan fingerprint density at radius 3 is 2.23 bits per heavy atom. The van der Waals surface area contributed by atoms with Crippen molar-refractivity contribution in [1.29, 1.82) is 0 Å². The Kier molecular flexibility index (Phi) is 8.53. The molecule has 0 saturated carbocycles. The summed E-state index contributed by atoms with van der Waals surface area (Å²) < 4.78 is 17.3. The number of hydrogen-bond donors (Lipinski definition) is 0. The molecular weight excluding hydrogens is 436 g/mol. The van der Waals surface area contributed by atoms with Gasteiger partial charge in [0, 0.05) is 5.56 Å². The number of allylic oxidation sites excluding steroid dienone is 2. The van der Waals surface area contributed by atoms with Crippen LogP contribution in [0.4, 0.5) is 0 Å². The van der Waals surface area contributed by atoms with Crippen molar-refractivity contribution in [1.82, 2.24) is 0 Å². The second kappa shape index (κ2) is 11.8. The van der Waals surface area contributed by atoms with Crippen molar-refractivity contribution < 1.29 is 19.0 Å². The minimum Gasteiger partial charge on any atom is -0.487 e. The molecule has 178 valence electrons. The Balaban J connectivity index is 2.11. The van der Waals surface area contributed by atoms with Crippen LogP contribution in [0.5, 0.6) is 11.5 Å². The number of aryl methyl sites for hydroxylation is 2. The van der Waals surface area contributed by atoms with Gasteiger partial charge in [-0.3, -0.25) is 0 Å². The van der Waals surface area contributed by atoms with Crippen molar-refractivity contribution in [2.75, 3.05) is 7.11 Å². The number of hydrogen-bond acceptors (Lipinski definition) is 4. The molecule has 0 unspecified atom stereocenters. The van der Waals surface area contributed by atoms with Crippen LogP contribution in [0.15, 0.2) is 78.4 Å². The van der Waals surface area contributed by atoms with Gasteiger partial charge in [0.15, 0.2) is 11.3 Å². The van der Waals surface area contributed by atoms with Gasteiger partial charge in [-0.15, -0.1) is 6.42 Å². The van der Waals surface area contributed by atoms with Gasteiger partial charge in [0.1, 0.15) is 18.1 Å². The molecule has 0 heterocycles. The molecule has 4 heteroatoms. The number of rotatable bonds is 8. The van der Waals surface area contributed by atoms with Crippen molar-refractivity contribution in [3.05, 3.63) is 106 Å². The first-order chi connectivity index (χ1) is 16.9. The lowest BCUT2D eigenvalue weighted by molar-refractivity contribution is -0.135. The van der Waals surface area contributed by atoms with Gasteiger partial charge in [-0.2, -0.15) is 0 Å². The van der Waals surface area contributed by atoms with Gasteiger partial charge in [0.05, 0.1) is 7.11 Å². The van der Waals surface area contributed by atoms with E-state index in [1.165, 1.54) is 7.11 Å². The van der Waals surface area contributed by atoms with E-state index in [0.29, 0.717) is 11.3 Å². The lowest BCUT2D eigenvalue weighted by Crippen LogP contribution is -2.09. The lowest BCUT2D eigenvalue weighted by atomic mass is 9.96. The molecule has 35 heavy (non-hydrogen) atoms. The van der Waals surface area contributed by atoms with Gasteiger partial charge in [-0.05, 0) is 85.9 Å². The summed E-state index contributed by atoms with van der Waals surface area (Å²) in [4.78, 5) is 12.5. The third-order valence-corrected chi connectivity index (χ3v) is 5.51. The smallest absolute Gasteiger partial charge is 0.350 e. The number of carbonyl (C=O) groups is 1. The molecule has 0 aliphatic carbocycles. The highest BCUT2D eigenvalue weighted by molar-refractivity contribution is 6.01. The summed E-state index contributed by atoms with van der Waals surface area (Å²) in [5, 5.41) is 0. The van der Waals surface area contributed by atoms with Crippen molar-refractivity contribution in [2.45, 2.75) is 34.3 Å². The second-order valence-corrected chi connectivity index (χ2v) is 8.22. The zero-order chi connectivity index (χ0) is 25.4. The molecule has 0 spiro atoms. The summed E-state index contributed by atoms with van der Waals surface area (Å²) in [6.45, 7) is 8.25. The fraction of sp³-hybridized carbons (Fsp3) is 0.194. The van der Waals surface area contributed by atoms with Crippen LogP contribution in [-0.4, -0.2) is 13.1 Å². The quantitative estimate of drug-likeness (QED) is 0.152. The minimum absolute atomic E-state index is 0.0246. The van der Waals surface area contributed by atoms with Gasteiger partial charge in [-0.1, -0.05) is 48.4 Å². The van der Waals surface area contributed by atoms with E-state index in [9.17, 15) is 4.79 Å². The molecule has 4 nitrogen and oxygen atoms in total. The number of benzene rings is 3. The molecular formula is C31H30O4. The molecule has 0 N–H and O–H groups in total. The number of esters is 1. The fourth-order valence-corrected chi connectivity index (χ4v) is 3.73. The Labute approximate surface area is 207 Å². The van der Waals surface area contributed by atoms with Crippen LogP contribution in [0, 0.1) is 26.2 Å². The second-order valence-electron chi connectivity index (χ2n) is 8.22. The van der Waals surface area contributed by atoms with E-state index in [1.54, 1.807) is 0 Å². The van der Waals surface area contributed by atoms with Crippen LogP contribution in [0.2, 0.25) is 0 Å². The predicted molar refractivity (Wildman–Crippen MR) is 141 cm³/mol. The summed E-state index contributed by atoms with van der Waals surface area (Å²) in [5.41, 5.74) is 5.72. The van der Waals surface area contributed by atoms with E-state index in [-0.39, 0.29) is 17.9 Å². The molecule has 0 fully saturated rings. The summed E-state index contributed by atoms with van der Waals surface area (Å²) in [7, 11) is 1.30. The van der Waals surface area contributed by atoms with Gasteiger partial charge in [-0.25, -0.2) is 4.79 Å². The number of ether oxygens (including phenoxy) is 3. The minimum atomic E-state index is -0.629. The standard InChI is InChI=1S/C31H30O4/c1-7-23(5)29-19-25(35-26-17-21(3)16-22(4)18-26)14-15-28(29)30(27(8-2)31(32)33-6)34-20-24-12-10-9-11-13-24/h2,7,9-19H,20H2,1,3-6H3/b23-7-,30-27-. The van der Waals surface area contributed by atoms with E-state index < -0.39 is 5.97 Å². The molecule has 0 atom stereocenters. The molecule has 3 aromatic rings. The zero-order valence-electron chi connectivity index (χ0n) is 20.8. The summed E-state index contributed by atoms with van der Waals surface area (Å²) in [6.07, 6.45) is 7.74. The number of carbonyl (C=O) groups excluding carboxylic acids is 1. The Morgan fingerprint density at radius 2 is 1.63 bits per heavy atom. The maximum Gasteiger partial charge on any atom is 0.350 e. The van der Waals surface area contributed by atoms with Gasteiger partial charge in [0.2, 0.25) is 0 Å². The van der Waals surface area contributed by atoms with Crippen LogP contribution in [0.3, 0.4) is 0 Å². The first-order valence-corrected chi connectivity index (χ1v) is 11.4. The molecule has 0 amide bonds. The summed E-state index contributed by atoms with van der Waals surface area (Å²) in [5.74, 6) is 3.55. The molecule has 3 rings (SSSR count). The normalized spacial score (nSPS) is 11.8. The van der Waals surface area contributed by atoms with Gasteiger partial charge in [0.25, 0.3) is 0 Å². The van der Waals surface area contributed by atoms with E-state index in [0.717, 1.165) is 33.6 Å². The SMILES string of the molecule is C#C/C(C(=O)OC)=C(/OCc1ccccc1)c1ccc(Oc2cc(C)cc(C)c2)cc1/C(C)=C\C. The highest BCUT2D eigenvalue weighted by atomic mass is 16.5. The summed E-state index contributed by atoms with van der Waals surface area (Å²) >= 11 is 0. The molecule has 0 bridgehead atoms. The Bertz CT molecular complexity index is 1290. The molecule has 0 radical (unpaired) electrons. The van der Waals surface area contributed by atoms with Crippen molar-refractivity contribution in [3.8, 4) is 23.8 Å². The first-order valence-electron chi connectivity index (χ1n) is 11.4. The van der Waals surface area contributed by atoms with Gasteiger partial charge >= 0.3 is 5.97 Å². The van der Waals surface area contributed by atoms with Crippen LogP contribution < -0.4 is 4.74 Å². The van der Waals surface area contributed by atoms with E-state index >= 15 is 0 Å². The maximum absolute atomic E-state index is 12.5. The molecule has 0 saturated heterocycles. The topological polar surface area (TPSA) is 44.8 Å². The average Bonchev–Trinajstić information content (AvgIpc) is 2.85. The van der Waals surface area contributed by atoms with Crippen molar-refractivity contribution >= 4 is 17.3 Å². The molecule has 0 aliphatic rings. The monoisotopic (exact) mass is 466 g/mol. The Morgan fingerprint density at radius 1 is 0.943 bits per heavy atom.